The predicted molar refractivity (Wildman–Crippen MR) is 63.7 cm³/mol. The molecule has 0 saturated carbocycles. The maximum Gasteiger partial charge on any atom is 0.153 e. The van der Waals surface area contributed by atoms with Gasteiger partial charge in [-0.15, -0.1) is 5.10 Å². The average molecular weight is 248 g/mol. The van der Waals surface area contributed by atoms with Gasteiger partial charge in [0.15, 0.2) is 5.15 Å². The number of anilines is 1. The first-order valence-electron chi connectivity index (χ1n) is 4.64. The molecule has 1 aromatic rings. The zero-order chi connectivity index (χ0) is 11.3. The highest BCUT2D eigenvalue weighted by Crippen LogP contribution is 2.10. The Bertz CT molecular complexity index is 348. The molecule has 4 nitrogen and oxygen atoms in total. The van der Waals surface area contributed by atoms with Crippen LogP contribution in [-0.2, 0) is 10.8 Å². The minimum absolute atomic E-state index is 0.197. The van der Waals surface area contributed by atoms with Crippen molar-refractivity contribution in [3.05, 3.63) is 17.4 Å². The quantitative estimate of drug-likeness (QED) is 0.861. The highest BCUT2D eigenvalue weighted by Gasteiger charge is 2.05. The van der Waals surface area contributed by atoms with Crippen LogP contribution in [0.5, 0.6) is 0 Å². The Morgan fingerprint density at radius 1 is 1.67 bits per heavy atom. The van der Waals surface area contributed by atoms with Crippen LogP contribution in [0.3, 0.4) is 0 Å². The van der Waals surface area contributed by atoms with Crippen molar-refractivity contribution in [2.24, 2.45) is 0 Å². The van der Waals surface area contributed by atoms with Crippen molar-refractivity contribution >= 4 is 28.1 Å². The highest BCUT2D eigenvalue weighted by atomic mass is 35.5. The van der Waals surface area contributed by atoms with Gasteiger partial charge in [-0.1, -0.05) is 18.5 Å². The lowest BCUT2D eigenvalue weighted by Gasteiger charge is -2.09. The highest BCUT2D eigenvalue weighted by molar-refractivity contribution is 7.84. The maximum absolute atomic E-state index is 11.1. The summed E-state index contributed by atoms with van der Waals surface area (Å²) in [6.07, 6.45) is 4.18. The molecule has 0 aromatic carbocycles. The first kappa shape index (κ1) is 12.4. The van der Waals surface area contributed by atoms with Gasteiger partial charge < -0.3 is 5.32 Å². The molecule has 0 bridgehead atoms. The molecule has 0 radical (unpaired) electrons. The van der Waals surface area contributed by atoms with Crippen LogP contribution >= 0.6 is 11.6 Å². The van der Waals surface area contributed by atoms with Gasteiger partial charge in [0, 0.05) is 34.9 Å². The first-order valence-corrected chi connectivity index (χ1v) is 6.64. The second kappa shape index (κ2) is 6.02. The summed E-state index contributed by atoms with van der Waals surface area (Å²) in [5.74, 6) is 0. The number of nitrogens with one attached hydrogen (secondary N) is 1. The molecular weight excluding hydrogens is 234 g/mol. The summed E-state index contributed by atoms with van der Waals surface area (Å²) in [5.41, 5.74) is 0.837. The molecule has 1 N–H and O–H groups in total. The molecule has 15 heavy (non-hydrogen) atoms. The van der Waals surface area contributed by atoms with Gasteiger partial charge in [0.25, 0.3) is 0 Å². The maximum atomic E-state index is 11.1. The van der Waals surface area contributed by atoms with Crippen molar-refractivity contribution in [1.82, 2.24) is 10.2 Å². The molecule has 84 valence electrons. The van der Waals surface area contributed by atoms with Gasteiger partial charge in [0.05, 0.1) is 11.9 Å². The third-order valence-corrected chi connectivity index (χ3v) is 3.62. The SMILES string of the molecule is CC(CCNc1cnnc(Cl)c1)S(C)=O. The van der Waals surface area contributed by atoms with Gasteiger partial charge >= 0.3 is 0 Å². The summed E-state index contributed by atoms with van der Waals surface area (Å²) < 4.78 is 11.1. The minimum Gasteiger partial charge on any atom is -0.384 e. The van der Waals surface area contributed by atoms with Gasteiger partial charge in [-0.05, 0) is 6.42 Å². The number of hydrogen-bond donors (Lipinski definition) is 1. The van der Waals surface area contributed by atoms with Crippen LogP contribution in [0.25, 0.3) is 0 Å². The van der Waals surface area contributed by atoms with Crippen LogP contribution in [0.1, 0.15) is 13.3 Å². The number of aromatic nitrogens is 2. The van der Waals surface area contributed by atoms with E-state index in [1.54, 1.807) is 18.5 Å². The summed E-state index contributed by atoms with van der Waals surface area (Å²) >= 11 is 5.67. The van der Waals surface area contributed by atoms with Crippen LogP contribution in [0.15, 0.2) is 12.3 Å². The number of nitrogens with zero attached hydrogens (tertiary/aromatic N) is 2. The molecule has 0 aliphatic rings. The van der Waals surface area contributed by atoms with E-state index in [2.05, 4.69) is 15.5 Å². The monoisotopic (exact) mass is 247 g/mol. The van der Waals surface area contributed by atoms with E-state index >= 15 is 0 Å². The average Bonchev–Trinajstić information content (AvgIpc) is 2.17. The number of hydrogen-bond acceptors (Lipinski definition) is 4. The lowest BCUT2D eigenvalue weighted by Crippen LogP contribution is -2.14. The van der Waals surface area contributed by atoms with Crippen molar-refractivity contribution in [3.63, 3.8) is 0 Å². The van der Waals surface area contributed by atoms with E-state index in [9.17, 15) is 4.21 Å². The Kier molecular flexibility index (Phi) is 4.98. The van der Waals surface area contributed by atoms with Crippen LogP contribution in [-0.4, -0.2) is 32.5 Å². The molecule has 0 amide bonds. The smallest absolute Gasteiger partial charge is 0.153 e. The molecule has 0 aliphatic carbocycles. The first-order chi connectivity index (χ1) is 7.09. The predicted octanol–water partition coefficient (Wildman–Crippen LogP) is 1.70. The fourth-order valence-corrected chi connectivity index (χ4v) is 1.63. The van der Waals surface area contributed by atoms with Crippen LogP contribution < -0.4 is 5.32 Å². The van der Waals surface area contributed by atoms with Gasteiger partial charge in [-0.3, -0.25) is 4.21 Å². The zero-order valence-corrected chi connectivity index (χ0v) is 10.3. The Hall–Kier alpha value is -0.680. The lowest BCUT2D eigenvalue weighted by atomic mass is 10.3. The Morgan fingerprint density at radius 3 is 3.00 bits per heavy atom. The van der Waals surface area contributed by atoms with Crippen molar-refractivity contribution < 1.29 is 4.21 Å². The topological polar surface area (TPSA) is 54.9 Å². The van der Waals surface area contributed by atoms with E-state index in [-0.39, 0.29) is 5.25 Å². The Balaban J connectivity index is 2.35. The summed E-state index contributed by atoms with van der Waals surface area (Å²) in [5, 5.41) is 11.1. The van der Waals surface area contributed by atoms with E-state index in [1.807, 2.05) is 6.92 Å². The van der Waals surface area contributed by atoms with Crippen molar-refractivity contribution in [3.8, 4) is 0 Å². The van der Waals surface area contributed by atoms with E-state index < -0.39 is 10.8 Å². The Labute approximate surface area is 96.9 Å². The second-order valence-electron chi connectivity index (χ2n) is 3.29. The number of halogens is 1. The summed E-state index contributed by atoms with van der Waals surface area (Å²) in [6.45, 7) is 2.72. The van der Waals surface area contributed by atoms with Gasteiger partial charge in [0.2, 0.25) is 0 Å². The largest absolute Gasteiger partial charge is 0.384 e. The van der Waals surface area contributed by atoms with E-state index in [0.717, 1.165) is 18.7 Å². The van der Waals surface area contributed by atoms with Gasteiger partial charge in [-0.25, -0.2) is 0 Å². The lowest BCUT2D eigenvalue weighted by molar-refractivity contribution is 0.672. The Morgan fingerprint density at radius 2 is 2.40 bits per heavy atom. The normalized spacial score (nSPS) is 14.6. The summed E-state index contributed by atoms with van der Waals surface area (Å²) in [6, 6.07) is 1.71. The molecule has 2 atom stereocenters. The molecular formula is C9H14ClN3OS. The molecule has 2 unspecified atom stereocenters. The third-order valence-electron chi connectivity index (χ3n) is 2.07. The standard InChI is InChI=1S/C9H14ClN3OS/c1-7(15(2)14)3-4-11-8-5-9(10)13-12-6-8/h5-7H,3-4H2,1-2H3,(H,11,13). The molecule has 6 heteroatoms. The summed E-state index contributed by atoms with van der Waals surface area (Å²) in [7, 11) is -0.767. The van der Waals surface area contributed by atoms with Gasteiger partial charge in [0.1, 0.15) is 0 Å². The molecule has 1 aromatic heterocycles. The van der Waals surface area contributed by atoms with Crippen molar-refractivity contribution in [1.29, 1.82) is 0 Å². The molecule has 0 aliphatic heterocycles. The second-order valence-corrected chi connectivity index (χ2v) is 5.48. The van der Waals surface area contributed by atoms with Crippen LogP contribution in [0.4, 0.5) is 5.69 Å². The van der Waals surface area contributed by atoms with Crippen molar-refractivity contribution in [2.45, 2.75) is 18.6 Å². The fourth-order valence-electron chi connectivity index (χ4n) is 1.02. The zero-order valence-electron chi connectivity index (χ0n) is 8.74. The number of rotatable bonds is 5. The van der Waals surface area contributed by atoms with Crippen LogP contribution in [0, 0.1) is 0 Å². The van der Waals surface area contributed by atoms with Crippen LogP contribution in [0.2, 0.25) is 5.15 Å². The fraction of sp³-hybridized carbons (Fsp3) is 0.556. The third kappa shape index (κ3) is 4.57. The van der Waals surface area contributed by atoms with Gasteiger partial charge in [-0.2, -0.15) is 5.10 Å². The molecule has 0 saturated heterocycles. The molecule has 1 rings (SSSR count). The molecule has 0 spiro atoms. The summed E-state index contributed by atoms with van der Waals surface area (Å²) in [4.78, 5) is 0. The molecule has 0 fully saturated rings. The van der Waals surface area contributed by atoms with E-state index in [1.165, 1.54) is 0 Å². The minimum atomic E-state index is -0.767. The van der Waals surface area contributed by atoms with E-state index in [0.29, 0.717) is 5.15 Å². The van der Waals surface area contributed by atoms with Crippen molar-refractivity contribution in [2.75, 3.05) is 18.1 Å². The molecule has 1 heterocycles. The van der Waals surface area contributed by atoms with E-state index in [4.69, 9.17) is 11.6 Å².